The molecule has 1 unspecified atom stereocenters. The first kappa shape index (κ1) is 24.8. The lowest BCUT2D eigenvalue weighted by molar-refractivity contribution is -0.122. The van der Waals surface area contributed by atoms with Crippen LogP contribution in [0.4, 0.5) is 5.69 Å². The second-order valence-electron chi connectivity index (χ2n) is 8.46. The molecule has 1 aromatic heterocycles. The van der Waals surface area contributed by atoms with Gasteiger partial charge in [-0.15, -0.1) is 11.3 Å². The summed E-state index contributed by atoms with van der Waals surface area (Å²) < 4.78 is 33.7. The van der Waals surface area contributed by atoms with E-state index in [1.165, 1.54) is 48.8 Å². The van der Waals surface area contributed by atoms with Gasteiger partial charge in [-0.1, -0.05) is 36.4 Å². The minimum atomic E-state index is -4.16. The lowest BCUT2D eigenvalue weighted by Gasteiger charge is -2.26. The molecule has 188 valence electrons. The van der Waals surface area contributed by atoms with E-state index in [2.05, 4.69) is 4.74 Å². The lowest BCUT2D eigenvalue weighted by Crippen LogP contribution is -2.44. The summed E-state index contributed by atoms with van der Waals surface area (Å²) in [5, 5.41) is 3.47. The number of imide groups is 1. The number of thiophene rings is 1. The Kier molecular flexibility index (Phi) is 6.63. The Balaban J connectivity index is 1.52. The number of carbonyl (C=O) groups excluding carboxylic acids is 3. The van der Waals surface area contributed by atoms with Crippen LogP contribution in [0.15, 0.2) is 89.1 Å². The van der Waals surface area contributed by atoms with E-state index in [0.717, 1.165) is 24.9 Å². The largest absolute Gasteiger partial charge is 0.465 e. The van der Waals surface area contributed by atoms with Gasteiger partial charge in [0.15, 0.2) is 0 Å². The average Bonchev–Trinajstić information content (AvgIpc) is 3.53. The van der Waals surface area contributed by atoms with E-state index in [1.54, 1.807) is 24.3 Å². The zero-order valence-electron chi connectivity index (χ0n) is 19.7. The van der Waals surface area contributed by atoms with Crippen molar-refractivity contribution in [3.05, 3.63) is 94.7 Å². The van der Waals surface area contributed by atoms with Crippen LogP contribution in [0.1, 0.15) is 21.7 Å². The Labute approximate surface area is 217 Å². The van der Waals surface area contributed by atoms with Gasteiger partial charge in [-0.25, -0.2) is 18.1 Å². The Bertz CT molecular complexity index is 1600. The standard InChI is InChI=1S/C27H22N2O6S2/c1-35-27(32)19-8-11-21(12-9-19)29-25(30)16-24(26(29)31)28(17-22-7-4-14-36-22)37(33,34)23-13-10-18-5-2-3-6-20(18)15-23/h2-15,24H,16-17H2,1H3. The van der Waals surface area contributed by atoms with Crippen LogP contribution < -0.4 is 4.90 Å². The lowest BCUT2D eigenvalue weighted by atomic mass is 10.1. The van der Waals surface area contributed by atoms with Crippen molar-refractivity contribution < 1.29 is 27.5 Å². The van der Waals surface area contributed by atoms with Crippen molar-refractivity contribution in [1.82, 2.24) is 4.31 Å². The number of anilines is 1. The van der Waals surface area contributed by atoms with Crippen LogP contribution in [0.5, 0.6) is 0 Å². The van der Waals surface area contributed by atoms with E-state index < -0.39 is 33.8 Å². The molecule has 0 saturated carbocycles. The minimum absolute atomic E-state index is 0.0453. The zero-order chi connectivity index (χ0) is 26.2. The first-order chi connectivity index (χ1) is 17.8. The summed E-state index contributed by atoms with van der Waals surface area (Å²) in [5.41, 5.74) is 0.518. The average molecular weight is 535 g/mol. The summed E-state index contributed by atoms with van der Waals surface area (Å²) in [4.78, 5) is 40.1. The molecule has 4 aromatic rings. The number of hydrogen-bond acceptors (Lipinski definition) is 7. The van der Waals surface area contributed by atoms with Crippen LogP contribution >= 0.6 is 11.3 Å². The number of fused-ring (bicyclic) bond motifs is 1. The summed E-state index contributed by atoms with van der Waals surface area (Å²) in [5.74, 6) is -1.71. The van der Waals surface area contributed by atoms with Crippen LogP contribution in [0.2, 0.25) is 0 Å². The van der Waals surface area contributed by atoms with Gasteiger partial charge in [-0.2, -0.15) is 4.31 Å². The fourth-order valence-corrected chi connectivity index (χ4v) is 6.74. The second-order valence-corrected chi connectivity index (χ2v) is 11.4. The highest BCUT2D eigenvalue weighted by atomic mass is 32.2. The number of nitrogens with zero attached hydrogens (tertiary/aromatic N) is 2. The third-order valence-corrected chi connectivity index (χ3v) is 8.95. The monoisotopic (exact) mass is 534 g/mol. The number of hydrogen-bond donors (Lipinski definition) is 0. The quantitative estimate of drug-likeness (QED) is 0.260. The van der Waals surface area contributed by atoms with Gasteiger partial charge in [0.1, 0.15) is 6.04 Å². The molecule has 0 radical (unpaired) electrons. The highest BCUT2D eigenvalue weighted by molar-refractivity contribution is 7.89. The van der Waals surface area contributed by atoms with E-state index in [1.807, 2.05) is 29.6 Å². The Morgan fingerprint density at radius 2 is 1.73 bits per heavy atom. The van der Waals surface area contributed by atoms with Crippen molar-refractivity contribution >= 4 is 55.6 Å². The minimum Gasteiger partial charge on any atom is -0.465 e. The van der Waals surface area contributed by atoms with Crippen molar-refractivity contribution in [2.75, 3.05) is 12.0 Å². The van der Waals surface area contributed by atoms with Gasteiger partial charge >= 0.3 is 5.97 Å². The van der Waals surface area contributed by atoms with Crippen molar-refractivity contribution in [2.45, 2.75) is 23.9 Å². The van der Waals surface area contributed by atoms with Gasteiger partial charge < -0.3 is 4.74 Å². The molecule has 0 spiro atoms. The van der Waals surface area contributed by atoms with E-state index in [9.17, 15) is 22.8 Å². The summed E-state index contributed by atoms with van der Waals surface area (Å²) in [6.07, 6.45) is -0.296. The molecule has 5 rings (SSSR count). The molecule has 37 heavy (non-hydrogen) atoms. The second kappa shape index (κ2) is 9.89. The van der Waals surface area contributed by atoms with E-state index >= 15 is 0 Å². The van der Waals surface area contributed by atoms with Crippen LogP contribution in [0, 0.1) is 0 Å². The van der Waals surface area contributed by atoms with Gasteiger partial charge in [0.2, 0.25) is 15.9 Å². The third-order valence-electron chi connectivity index (χ3n) is 6.24. The van der Waals surface area contributed by atoms with Crippen LogP contribution in [0.3, 0.4) is 0 Å². The molecule has 0 aliphatic carbocycles. The van der Waals surface area contributed by atoms with Gasteiger partial charge in [-0.05, 0) is 58.6 Å². The normalized spacial score (nSPS) is 16.1. The third kappa shape index (κ3) is 4.66. The Morgan fingerprint density at radius 3 is 2.41 bits per heavy atom. The summed E-state index contributed by atoms with van der Waals surface area (Å²) in [6, 6.07) is 20.4. The van der Waals surface area contributed by atoms with E-state index in [-0.39, 0.29) is 29.1 Å². The van der Waals surface area contributed by atoms with Gasteiger partial charge in [0, 0.05) is 11.4 Å². The molecule has 0 bridgehead atoms. The van der Waals surface area contributed by atoms with Gasteiger partial charge in [0.05, 0.1) is 29.7 Å². The van der Waals surface area contributed by atoms with E-state index in [4.69, 9.17) is 0 Å². The number of benzene rings is 3. The number of carbonyl (C=O) groups is 3. The van der Waals surface area contributed by atoms with Gasteiger partial charge in [0.25, 0.3) is 5.91 Å². The summed E-state index contributed by atoms with van der Waals surface area (Å²) >= 11 is 1.37. The van der Waals surface area contributed by atoms with Crippen molar-refractivity contribution in [2.24, 2.45) is 0 Å². The van der Waals surface area contributed by atoms with Crippen molar-refractivity contribution in [3.8, 4) is 0 Å². The van der Waals surface area contributed by atoms with Crippen LogP contribution in [-0.4, -0.2) is 43.7 Å². The highest BCUT2D eigenvalue weighted by Crippen LogP contribution is 2.32. The first-order valence-corrected chi connectivity index (χ1v) is 13.7. The number of sulfonamides is 1. The molecule has 1 saturated heterocycles. The summed E-state index contributed by atoms with van der Waals surface area (Å²) in [6.45, 7) is -0.0500. The smallest absolute Gasteiger partial charge is 0.337 e. The molecular weight excluding hydrogens is 512 g/mol. The maximum absolute atomic E-state index is 13.9. The molecule has 8 nitrogen and oxygen atoms in total. The van der Waals surface area contributed by atoms with E-state index in [0.29, 0.717) is 0 Å². The van der Waals surface area contributed by atoms with Crippen LogP contribution in [-0.2, 0) is 30.9 Å². The van der Waals surface area contributed by atoms with Crippen molar-refractivity contribution in [1.29, 1.82) is 0 Å². The van der Waals surface area contributed by atoms with Crippen LogP contribution in [0.25, 0.3) is 10.8 Å². The fraction of sp³-hybridized carbons (Fsp3) is 0.148. The first-order valence-electron chi connectivity index (χ1n) is 11.4. The van der Waals surface area contributed by atoms with Crippen molar-refractivity contribution in [3.63, 3.8) is 0 Å². The Morgan fingerprint density at radius 1 is 1.00 bits per heavy atom. The molecule has 1 atom stereocenters. The molecule has 1 aliphatic rings. The zero-order valence-corrected chi connectivity index (χ0v) is 21.4. The topological polar surface area (TPSA) is 101 Å². The number of amides is 2. The molecule has 0 N–H and O–H groups in total. The summed E-state index contributed by atoms with van der Waals surface area (Å²) in [7, 11) is -2.90. The molecule has 1 aliphatic heterocycles. The highest BCUT2D eigenvalue weighted by Gasteiger charge is 2.47. The maximum Gasteiger partial charge on any atom is 0.337 e. The molecule has 2 heterocycles. The predicted molar refractivity (Wildman–Crippen MR) is 140 cm³/mol. The fourth-order valence-electron chi connectivity index (χ4n) is 4.36. The number of rotatable bonds is 7. The maximum atomic E-state index is 13.9. The number of esters is 1. The SMILES string of the molecule is COC(=O)c1ccc(N2C(=O)CC(N(Cc3cccs3)S(=O)(=O)c3ccc4ccccc4c3)C2=O)cc1. The predicted octanol–water partition coefficient (Wildman–Crippen LogP) is 4.21. The molecule has 3 aromatic carbocycles. The molecular formula is C27H22N2O6S2. The Hall–Kier alpha value is -3.86. The molecule has 2 amide bonds. The molecule has 1 fully saturated rings. The number of methoxy groups -OCH3 is 1. The molecule has 10 heteroatoms. The number of ether oxygens (including phenoxy) is 1. The van der Waals surface area contributed by atoms with Gasteiger partial charge in [-0.3, -0.25) is 9.59 Å².